The van der Waals surface area contributed by atoms with Gasteiger partial charge < -0.3 is 10.0 Å². The van der Waals surface area contributed by atoms with Crippen molar-refractivity contribution in [2.45, 2.75) is 6.10 Å². The van der Waals surface area contributed by atoms with E-state index in [-0.39, 0.29) is 6.10 Å². The molecular weight excluding hydrogens is 328 g/mol. The summed E-state index contributed by atoms with van der Waals surface area (Å²) >= 11 is 0. The average molecular weight is 346 g/mol. The molecule has 1 fully saturated rings. The molecule has 1 aliphatic rings. The molecule has 0 amide bonds. The predicted molar refractivity (Wildman–Crippen MR) is 99.7 cm³/mol. The second-order valence-corrected chi connectivity index (χ2v) is 6.70. The molecular formula is C19H18N6O. The lowest BCUT2D eigenvalue weighted by atomic mass is 10.0. The molecule has 2 N–H and O–H groups in total. The Hall–Kier alpha value is -3.19. The molecule has 3 aromatic heterocycles. The molecule has 0 radical (unpaired) electrons. The highest BCUT2D eigenvalue weighted by Gasteiger charge is 2.25. The maximum atomic E-state index is 9.52. The highest BCUT2D eigenvalue weighted by Crippen LogP contribution is 2.32. The van der Waals surface area contributed by atoms with Crippen LogP contribution in [0.1, 0.15) is 0 Å². The number of hydrogen-bond acceptors (Lipinski definition) is 5. The molecule has 5 rings (SSSR count). The van der Waals surface area contributed by atoms with Gasteiger partial charge in [0.2, 0.25) is 0 Å². The summed E-state index contributed by atoms with van der Waals surface area (Å²) in [5.41, 5.74) is 5.08. The molecule has 0 spiro atoms. The van der Waals surface area contributed by atoms with E-state index >= 15 is 0 Å². The number of rotatable bonds is 3. The number of β-amino-alcohol motifs (C(OH)–C–C–N with tert-alkyl or cyclic N) is 1. The fourth-order valence-electron chi connectivity index (χ4n) is 3.36. The minimum atomic E-state index is -0.256. The van der Waals surface area contributed by atoms with Crippen LogP contribution in [0.4, 0.5) is 5.82 Å². The Kier molecular flexibility index (Phi) is 3.29. The SMILES string of the molecule is Cn1cc(-c2ccc3[nH]nc(-c4ccnc(N5CC(O)C5)c4)c3c2)cn1. The van der Waals surface area contributed by atoms with Crippen LogP contribution in [0.3, 0.4) is 0 Å². The molecule has 26 heavy (non-hydrogen) atoms. The van der Waals surface area contributed by atoms with Crippen molar-refractivity contribution in [2.75, 3.05) is 18.0 Å². The fraction of sp³-hybridized carbons (Fsp3) is 0.211. The summed E-state index contributed by atoms with van der Waals surface area (Å²) in [5, 5.41) is 22.5. The topological polar surface area (TPSA) is 82.9 Å². The largest absolute Gasteiger partial charge is 0.389 e. The summed E-state index contributed by atoms with van der Waals surface area (Å²) in [7, 11) is 1.91. The molecule has 0 saturated carbocycles. The number of H-pyrrole nitrogens is 1. The Morgan fingerprint density at radius 3 is 2.77 bits per heavy atom. The zero-order valence-corrected chi connectivity index (χ0v) is 14.3. The lowest BCUT2D eigenvalue weighted by Crippen LogP contribution is -2.51. The van der Waals surface area contributed by atoms with Gasteiger partial charge >= 0.3 is 0 Å². The minimum Gasteiger partial charge on any atom is -0.389 e. The van der Waals surface area contributed by atoms with E-state index in [4.69, 9.17) is 0 Å². The summed E-state index contributed by atoms with van der Waals surface area (Å²) in [6.07, 6.45) is 5.40. The Balaban J connectivity index is 1.57. The van der Waals surface area contributed by atoms with E-state index in [9.17, 15) is 5.11 Å². The normalized spacial score (nSPS) is 14.8. The monoisotopic (exact) mass is 346 g/mol. The third-order valence-electron chi connectivity index (χ3n) is 4.81. The Morgan fingerprint density at radius 1 is 1.12 bits per heavy atom. The van der Waals surface area contributed by atoms with Crippen LogP contribution in [0.15, 0.2) is 48.9 Å². The first kappa shape index (κ1) is 15.1. The zero-order valence-electron chi connectivity index (χ0n) is 14.3. The van der Waals surface area contributed by atoms with Gasteiger partial charge in [-0.05, 0) is 29.8 Å². The second kappa shape index (κ2) is 5.67. The van der Waals surface area contributed by atoms with Crippen LogP contribution in [-0.2, 0) is 7.05 Å². The number of pyridine rings is 1. The number of anilines is 1. The van der Waals surface area contributed by atoms with E-state index in [0.717, 1.165) is 39.1 Å². The molecule has 7 heteroatoms. The molecule has 4 heterocycles. The van der Waals surface area contributed by atoms with E-state index in [1.807, 2.05) is 37.6 Å². The number of aryl methyl sites for hydroxylation is 1. The van der Waals surface area contributed by atoms with Crippen molar-refractivity contribution in [2.24, 2.45) is 7.05 Å². The van der Waals surface area contributed by atoms with Gasteiger partial charge in [0, 0.05) is 49.0 Å². The lowest BCUT2D eigenvalue weighted by molar-refractivity contribution is 0.141. The van der Waals surface area contributed by atoms with Crippen molar-refractivity contribution in [3.8, 4) is 22.4 Å². The van der Waals surface area contributed by atoms with Crippen LogP contribution in [0.5, 0.6) is 0 Å². The molecule has 4 aromatic rings. The maximum Gasteiger partial charge on any atom is 0.129 e. The molecule has 0 unspecified atom stereocenters. The van der Waals surface area contributed by atoms with Gasteiger partial charge in [-0.2, -0.15) is 10.2 Å². The van der Waals surface area contributed by atoms with Gasteiger partial charge in [-0.15, -0.1) is 0 Å². The predicted octanol–water partition coefficient (Wildman–Crippen LogP) is 2.21. The maximum absolute atomic E-state index is 9.52. The number of nitrogens with zero attached hydrogens (tertiary/aromatic N) is 5. The molecule has 1 aliphatic heterocycles. The Bertz CT molecular complexity index is 1090. The molecule has 7 nitrogen and oxygen atoms in total. The number of aromatic nitrogens is 5. The van der Waals surface area contributed by atoms with Crippen LogP contribution in [-0.4, -0.2) is 49.3 Å². The highest BCUT2D eigenvalue weighted by molar-refractivity contribution is 5.95. The van der Waals surface area contributed by atoms with Gasteiger partial charge in [-0.3, -0.25) is 9.78 Å². The van der Waals surface area contributed by atoms with Crippen molar-refractivity contribution < 1.29 is 5.11 Å². The quantitative estimate of drug-likeness (QED) is 0.594. The van der Waals surface area contributed by atoms with Crippen LogP contribution in [0, 0.1) is 0 Å². The van der Waals surface area contributed by atoms with Crippen molar-refractivity contribution in [1.29, 1.82) is 0 Å². The Morgan fingerprint density at radius 2 is 2.00 bits per heavy atom. The number of hydrogen-bond donors (Lipinski definition) is 2. The van der Waals surface area contributed by atoms with E-state index in [0.29, 0.717) is 13.1 Å². The highest BCUT2D eigenvalue weighted by atomic mass is 16.3. The van der Waals surface area contributed by atoms with Crippen LogP contribution in [0.2, 0.25) is 0 Å². The summed E-state index contributed by atoms with van der Waals surface area (Å²) in [4.78, 5) is 6.48. The summed E-state index contributed by atoms with van der Waals surface area (Å²) in [6.45, 7) is 1.26. The molecule has 130 valence electrons. The van der Waals surface area contributed by atoms with Crippen molar-refractivity contribution >= 4 is 16.7 Å². The van der Waals surface area contributed by atoms with E-state index in [1.165, 1.54) is 0 Å². The standard InChI is InChI=1S/C19H18N6O/c1-24-9-14(8-21-24)12-2-3-17-16(6-12)19(23-22-17)13-4-5-20-18(7-13)25-10-15(26)11-25/h2-9,15,26H,10-11H2,1H3,(H,22,23). The van der Waals surface area contributed by atoms with Gasteiger partial charge in [-0.25, -0.2) is 4.98 Å². The number of nitrogens with one attached hydrogen (secondary N) is 1. The summed E-state index contributed by atoms with van der Waals surface area (Å²) < 4.78 is 1.80. The third-order valence-corrected chi connectivity index (χ3v) is 4.81. The van der Waals surface area contributed by atoms with Crippen LogP contribution >= 0.6 is 0 Å². The summed E-state index contributed by atoms with van der Waals surface area (Å²) in [6, 6.07) is 10.2. The zero-order chi connectivity index (χ0) is 17.7. The third kappa shape index (κ3) is 2.44. The van der Waals surface area contributed by atoms with E-state index in [1.54, 1.807) is 10.9 Å². The average Bonchev–Trinajstić information content (AvgIpc) is 3.24. The van der Waals surface area contributed by atoms with Gasteiger partial charge in [0.15, 0.2) is 0 Å². The van der Waals surface area contributed by atoms with Gasteiger partial charge in [-0.1, -0.05) is 6.07 Å². The lowest BCUT2D eigenvalue weighted by Gasteiger charge is -2.36. The smallest absolute Gasteiger partial charge is 0.129 e. The number of aliphatic hydroxyl groups is 1. The summed E-state index contributed by atoms with van der Waals surface area (Å²) in [5.74, 6) is 0.868. The van der Waals surface area contributed by atoms with Crippen LogP contribution in [0.25, 0.3) is 33.3 Å². The van der Waals surface area contributed by atoms with Crippen LogP contribution < -0.4 is 4.90 Å². The minimum absolute atomic E-state index is 0.256. The number of fused-ring (bicyclic) bond motifs is 1. The molecule has 0 atom stereocenters. The molecule has 1 aromatic carbocycles. The second-order valence-electron chi connectivity index (χ2n) is 6.70. The number of benzene rings is 1. The van der Waals surface area contributed by atoms with Gasteiger partial charge in [0.1, 0.15) is 11.5 Å². The first-order valence-electron chi connectivity index (χ1n) is 8.54. The first-order valence-corrected chi connectivity index (χ1v) is 8.54. The fourth-order valence-corrected chi connectivity index (χ4v) is 3.36. The van der Waals surface area contributed by atoms with Crippen molar-refractivity contribution in [3.63, 3.8) is 0 Å². The Labute approximate surface area is 149 Å². The number of aromatic amines is 1. The molecule has 1 saturated heterocycles. The van der Waals surface area contributed by atoms with Crippen molar-refractivity contribution in [1.82, 2.24) is 25.0 Å². The van der Waals surface area contributed by atoms with Crippen molar-refractivity contribution in [3.05, 3.63) is 48.9 Å². The molecule has 0 aliphatic carbocycles. The molecule has 0 bridgehead atoms. The van der Waals surface area contributed by atoms with E-state index < -0.39 is 0 Å². The van der Waals surface area contributed by atoms with E-state index in [2.05, 4.69) is 37.3 Å². The number of aliphatic hydroxyl groups excluding tert-OH is 1. The van der Waals surface area contributed by atoms with Gasteiger partial charge in [0.05, 0.1) is 17.8 Å². The first-order chi connectivity index (χ1) is 12.7. The van der Waals surface area contributed by atoms with Gasteiger partial charge in [0.25, 0.3) is 0 Å².